The van der Waals surface area contributed by atoms with Crippen molar-refractivity contribution >= 4 is 22.8 Å². The molecule has 0 bridgehead atoms. The van der Waals surface area contributed by atoms with E-state index in [0.717, 1.165) is 27.7 Å². The summed E-state index contributed by atoms with van der Waals surface area (Å²) in [7, 11) is 1.48. The van der Waals surface area contributed by atoms with E-state index < -0.39 is 12.1 Å². The van der Waals surface area contributed by atoms with E-state index in [4.69, 9.17) is 0 Å². The second-order valence-corrected chi connectivity index (χ2v) is 7.99. The van der Waals surface area contributed by atoms with Gasteiger partial charge in [-0.3, -0.25) is 10.1 Å². The van der Waals surface area contributed by atoms with Gasteiger partial charge in [-0.05, 0) is 29.7 Å². The van der Waals surface area contributed by atoms with Gasteiger partial charge in [0.15, 0.2) is 0 Å². The molecule has 1 aromatic heterocycles. The first-order valence-electron chi connectivity index (χ1n) is 11.1. The Labute approximate surface area is 193 Å². The number of hydrogen-bond acceptors (Lipinski definition) is 3. The standard InChI is InChI=1S/C27H28N4O2/c1-18(26(32)31-27(33)28-2)29-17-22(19-11-5-3-6-12-19)24-21-15-9-10-16-23(21)30-25(24)20-13-7-4-8-14-20/h3-16,18,22,29-30H,17H2,1-2H3,(H2,28,31,32,33)/t18-,22+/m1/s1. The molecule has 33 heavy (non-hydrogen) atoms. The van der Waals surface area contributed by atoms with Crippen LogP contribution in [0.5, 0.6) is 0 Å². The first-order chi connectivity index (χ1) is 16.1. The average Bonchev–Trinajstić information content (AvgIpc) is 3.24. The van der Waals surface area contributed by atoms with Gasteiger partial charge in [-0.15, -0.1) is 0 Å². The zero-order chi connectivity index (χ0) is 23.2. The van der Waals surface area contributed by atoms with Gasteiger partial charge in [-0.25, -0.2) is 4.79 Å². The summed E-state index contributed by atoms with van der Waals surface area (Å²) in [4.78, 5) is 27.6. The molecule has 6 nitrogen and oxygen atoms in total. The van der Waals surface area contributed by atoms with Gasteiger partial charge < -0.3 is 15.6 Å². The minimum absolute atomic E-state index is 0.0205. The maximum Gasteiger partial charge on any atom is 0.321 e. The second kappa shape index (κ2) is 10.1. The van der Waals surface area contributed by atoms with Gasteiger partial charge in [0.1, 0.15) is 0 Å². The van der Waals surface area contributed by atoms with Gasteiger partial charge in [0, 0.05) is 30.4 Å². The predicted octanol–water partition coefficient (Wildman–Crippen LogP) is 4.40. The summed E-state index contributed by atoms with van der Waals surface area (Å²) in [6, 6.07) is 27.8. The maximum absolute atomic E-state index is 12.4. The van der Waals surface area contributed by atoms with Gasteiger partial charge in [0.05, 0.1) is 11.7 Å². The van der Waals surface area contributed by atoms with Crippen LogP contribution in [0.2, 0.25) is 0 Å². The Balaban J connectivity index is 1.75. The molecular weight excluding hydrogens is 412 g/mol. The quantitative estimate of drug-likeness (QED) is 0.344. The van der Waals surface area contributed by atoms with Crippen LogP contribution in [0.1, 0.15) is 24.0 Å². The fraction of sp³-hybridized carbons (Fsp3) is 0.185. The largest absolute Gasteiger partial charge is 0.354 e. The molecule has 3 amide bonds. The topological polar surface area (TPSA) is 86.0 Å². The third-order valence-corrected chi connectivity index (χ3v) is 5.84. The molecule has 0 fully saturated rings. The molecule has 0 aliphatic heterocycles. The van der Waals surface area contributed by atoms with E-state index in [1.54, 1.807) is 6.92 Å². The lowest BCUT2D eigenvalue weighted by Gasteiger charge is -2.22. The summed E-state index contributed by atoms with van der Waals surface area (Å²) >= 11 is 0. The number of hydrogen-bond donors (Lipinski definition) is 4. The number of rotatable bonds is 7. The number of carbonyl (C=O) groups is 2. The molecule has 0 saturated carbocycles. The molecule has 0 unspecified atom stereocenters. The Morgan fingerprint density at radius 2 is 1.52 bits per heavy atom. The number of amides is 3. The van der Waals surface area contributed by atoms with E-state index in [2.05, 4.69) is 57.3 Å². The summed E-state index contributed by atoms with van der Waals surface area (Å²) in [5, 5.41) is 9.23. The Kier molecular flexibility index (Phi) is 6.86. The summed E-state index contributed by atoms with van der Waals surface area (Å²) in [6.45, 7) is 2.28. The van der Waals surface area contributed by atoms with Crippen molar-refractivity contribution in [2.75, 3.05) is 13.6 Å². The number of nitrogens with one attached hydrogen (secondary N) is 4. The SMILES string of the molecule is CNC(=O)NC(=O)[C@@H](C)NC[C@@H](c1ccccc1)c1c(-c2ccccc2)[nH]c2ccccc12. The minimum atomic E-state index is -0.543. The highest BCUT2D eigenvalue weighted by Crippen LogP contribution is 2.38. The fourth-order valence-electron chi connectivity index (χ4n) is 4.10. The average molecular weight is 441 g/mol. The van der Waals surface area contributed by atoms with Crippen molar-refractivity contribution in [3.05, 3.63) is 96.1 Å². The van der Waals surface area contributed by atoms with Gasteiger partial charge in [0.25, 0.3) is 0 Å². The van der Waals surface area contributed by atoms with Gasteiger partial charge in [-0.2, -0.15) is 0 Å². The molecule has 168 valence electrons. The third-order valence-electron chi connectivity index (χ3n) is 5.84. The lowest BCUT2D eigenvalue weighted by Crippen LogP contribution is -2.48. The number of benzene rings is 3. The van der Waals surface area contributed by atoms with Crippen LogP contribution in [0, 0.1) is 0 Å². The Morgan fingerprint density at radius 3 is 2.21 bits per heavy atom. The number of para-hydroxylation sites is 1. The van der Waals surface area contributed by atoms with Gasteiger partial charge in [0.2, 0.25) is 5.91 Å². The Morgan fingerprint density at radius 1 is 0.879 bits per heavy atom. The van der Waals surface area contributed by atoms with Crippen LogP contribution in [-0.2, 0) is 4.79 Å². The highest BCUT2D eigenvalue weighted by Gasteiger charge is 2.25. The van der Waals surface area contributed by atoms with Crippen LogP contribution in [0.15, 0.2) is 84.9 Å². The summed E-state index contributed by atoms with van der Waals surface area (Å²) in [5.41, 5.74) is 5.56. The molecule has 0 aliphatic rings. The summed E-state index contributed by atoms with van der Waals surface area (Å²) < 4.78 is 0. The molecule has 0 saturated heterocycles. The lowest BCUT2D eigenvalue weighted by atomic mass is 9.87. The van der Waals surface area contributed by atoms with Crippen molar-refractivity contribution in [2.24, 2.45) is 0 Å². The fourth-order valence-corrected chi connectivity index (χ4v) is 4.10. The van der Waals surface area contributed by atoms with E-state index in [1.165, 1.54) is 12.6 Å². The third kappa shape index (κ3) is 4.96. The molecule has 0 spiro atoms. The molecule has 0 radical (unpaired) electrons. The van der Waals surface area contributed by atoms with Gasteiger partial charge >= 0.3 is 6.03 Å². The van der Waals surface area contributed by atoms with E-state index in [9.17, 15) is 9.59 Å². The molecule has 4 aromatic rings. The van der Waals surface area contributed by atoms with Crippen LogP contribution in [0.3, 0.4) is 0 Å². The Hall–Kier alpha value is -3.90. The predicted molar refractivity (Wildman–Crippen MR) is 132 cm³/mol. The van der Waals surface area contributed by atoms with Gasteiger partial charge in [-0.1, -0.05) is 78.9 Å². The van der Waals surface area contributed by atoms with Crippen LogP contribution >= 0.6 is 0 Å². The van der Waals surface area contributed by atoms with Crippen LogP contribution in [0.25, 0.3) is 22.2 Å². The highest BCUT2D eigenvalue weighted by atomic mass is 16.2. The molecule has 1 heterocycles. The molecule has 6 heteroatoms. The molecule has 3 aromatic carbocycles. The maximum atomic E-state index is 12.4. The molecule has 4 rings (SSSR count). The number of urea groups is 1. The highest BCUT2D eigenvalue weighted by molar-refractivity contribution is 5.96. The smallest absolute Gasteiger partial charge is 0.321 e. The number of fused-ring (bicyclic) bond motifs is 1. The molecule has 2 atom stereocenters. The van der Waals surface area contributed by atoms with E-state index in [1.807, 2.05) is 48.5 Å². The van der Waals surface area contributed by atoms with Crippen LogP contribution < -0.4 is 16.0 Å². The van der Waals surface area contributed by atoms with Crippen molar-refractivity contribution in [1.82, 2.24) is 20.9 Å². The first-order valence-corrected chi connectivity index (χ1v) is 11.1. The van der Waals surface area contributed by atoms with Crippen molar-refractivity contribution < 1.29 is 9.59 Å². The normalized spacial score (nSPS) is 12.8. The number of aromatic amines is 1. The molecular formula is C27H28N4O2. The summed E-state index contributed by atoms with van der Waals surface area (Å²) in [6.07, 6.45) is 0. The zero-order valence-electron chi connectivity index (χ0n) is 18.8. The van der Waals surface area contributed by atoms with Crippen LogP contribution in [-0.4, -0.2) is 36.6 Å². The zero-order valence-corrected chi connectivity index (χ0v) is 18.8. The Bertz CT molecular complexity index is 1230. The minimum Gasteiger partial charge on any atom is -0.354 e. The number of carbonyl (C=O) groups excluding carboxylic acids is 2. The van der Waals surface area contributed by atoms with Crippen LogP contribution in [0.4, 0.5) is 4.79 Å². The van der Waals surface area contributed by atoms with Crippen molar-refractivity contribution in [3.63, 3.8) is 0 Å². The number of H-pyrrole nitrogens is 1. The number of imide groups is 1. The van der Waals surface area contributed by atoms with Crippen molar-refractivity contribution in [1.29, 1.82) is 0 Å². The van der Waals surface area contributed by atoms with E-state index in [-0.39, 0.29) is 11.8 Å². The van der Waals surface area contributed by atoms with E-state index >= 15 is 0 Å². The second-order valence-electron chi connectivity index (χ2n) is 7.99. The van der Waals surface area contributed by atoms with Crippen molar-refractivity contribution in [2.45, 2.75) is 18.9 Å². The first kappa shape index (κ1) is 22.3. The summed E-state index contributed by atoms with van der Waals surface area (Å²) in [5.74, 6) is -0.392. The molecule has 4 N–H and O–H groups in total. The van der Waals surface area contributed by atoms with Crippen molar-refractivity contribution in [3.8, 4) is 11.3 Å². The monoisotopic (exact) mass is 440 g/mol. The lowest BCUT2D eigenvalue weighted by molar-refractivity contribution is -0.121. The number of aromatic nitrogens is 1. The molecule has 0 aliphatic carbocycles. The van der Waals surface area contributed by atoms with E-state index in [0.29, 0.717) is 6.54 Å².